The van der Waals surface area contributed by atoms with Crippen LogP contribution in [0.1, 0.15) is 12.5 Å². The van der Waals surface area contributed by atoms with Gasteiger partial charge in [0.2, 0.25) is 0 Å². The number of phenolic OH excluding ortho intramolecular Hbond substituents is 2. The van der Waals surface area contributed by atoms with Gasteiger partial charge >= 0.3 is 0 Å². The molecule has 0 aromatic heterocycles. The number of aryl methyl sites for hydroxylation is 1. The van der Waals surface area contributed by atoms with Crippen LogP contribution >= 0.6 is 0 Å². The Morgan fingerprint density at radius 2 is 1.25 bits per heavy atom. The summed E-state index contributed by atoms with van der Waals surface area (Å²) in [4.78, 5) is 0. The van der Waals surface area contributed by atoms with Crippen molar-refractivity contribution in [1.29, 1.82) is 0 Å². The molecule has 0 spiro atoms. The summed E-state index contributed by atoms with van der Waals surface area (Å²) in [6.45, 7) is 2.07. The quantitative estimate of drug-likeness (QED) is 0.409. The smallest absolute Gasteiger partial charge is 0.131 e. The van der Waals surface area contributed by atoms with Crippen LogP contribution in [0.5, 0.6) is 11.5 Å². The Labute approximate surface area is 162 Å². The molecule has 0 bridgehead atoms. The zero-order valence-corrected chi connectivity index (χ0v) is 16.1. The number of phenols is 2. The van der Waals surface area contributed by atoms with Gasteiger partial charge in [0.05, 0.1) is 0 Å². The van der Waals surface area contributed by atoms with Gasteiger partial charge in [-0.2, -0.15) is 0 Å². The Kier molecular flexibility index (Phi) is 6.39. The van der Waals surface area contributed by atoms with Crippen LogP contribution in [-0.2, 0) is 6.42 Å². The summed E-state index contributed by atoms with van der Waals surface area (Å²) in [5, 5.41) is 23.4. The molecule has 0 saturated heterocycles. The minimum Gasteiger partial charge on any atom is -0.507 e. The molecule has 3 aromatic rings. The van der Waals surface area contributed by atoms with Crippen LogP contribution in [0.15, 0.2) is 42.5 Å². The molecule has 0 amide bonds. The third-order valence-electron chi connectivity index (χ3n) is 3.44. The molecule has 0 aliphatic rings. The van der Waals surface area contributed by atoms with Crippen LogP contribution in [0.25, 0.3) is 21.5 Å². The van der Waals surface area contributed by atoms with Gasteiger partial charge < -0.3 is 10.2 Å². The zero-order chi connectivity index (χ0) is 12.7. The molecule has 20 heavy (non-hydrogen) atoms. The van der Waals surface area contributed by atoms with E-state index in [1.54, 1.807) is 0 Å². The van der Waals surface area contributed by atoms with Gasteiger partial charge in [-0.05, 0) is 18.1 Å². The van der Waals surface area contributed by atoms with Crippen molar-refractivity contribution in [3.63, 3.8) is 0 Å². The molecule has 3 rings (SSSR count). The van der Waals surface area contributed by atoms with Crippen molar-refractivity contribution < 1.29 is 10.2 Å². The molecule has 0 fully saturated rings. The number of benzene rings is 3. The topological polar surface area (TPSA) is 40.5 Å². The Hall–Kier alpha value is -0.220. The molecule has 0 unspecified atom stereocenters. The average Bonchev–Trinajstić information content (AvgIpc) is 2.44. The van der Waals surface area contributed by atoms with Gasteiger partial charge in [-0.25, -0.2) is 0 Å². The van der Waals surface area contributed by atoms with E-state index in [4.69, 9.17) is 0 Å². The van der Waals surface area contributed by atoms with Crippen LogP contribution in [-0.4, -0.2) is 69.3 Å². The maximum atomic E-state index is 10.3. The fourth-order valence-corrected chi connectivity index (χ4v) is 2.40. The van der Waals surface area contributed by atoms with Crippen molar-refractivity contribution in [2.24, 2.45) is 0 Å². The van der Waals surface area contributed by atoms with Gasteiger partial charge in [-0.1, -0.05) is 43.3 Å². The summed E-state index contributed by atoms with van der Waals surface area (Å²) in [5.41, 5.74) is 1.15. The molecule has 0 aliphatic heterocycles. The fourth-order valence-electron chi connectivity index (χ4n) is 2.40. The van der Waals surface area contributed by atoms with Gasteiger partial charge in [0, 0.05) is 80.7 Å². The van der Waals surface area contributed by atoms with E-state index in [1.807, 2.05) is 42.5 Å². The second kappa shape index (κ2) is 7.17. The second-order valence-electron chi connectivity index (χ2n) is 4.48. The van der Waals surface area contributed by atoms with Crippen LogP contribution in [0.4, 0.5) is 0 Å². The Morgan fingerprint density at radius 3 is 1.80 bits per heavy atom. The minimum atomic E-state index is 0. The van der Waals surface area contributed by atoms with Crippen molar-refractivity contribution in [2.75, 3.05) is 0 Å². The molecule has 2 radical (unpaired) electrons. The molecule has 0 aliphatic carbocycles. The minimum absolute atomic E-state index is 0. The number of fused-ring (bicyclic) bond motifs is 2. The molecule has 2 nitrogen and oxygen atoms in total. The summed E-state index contributed by atoms with van der Waals surface area (Å²) in [6.07, 6.45) is 0.906. The van der Waals surface area contributed by atoms with Gasteiger partial charge in [0.15, 0.2) is 0 Å². The van der Waals surface area contributed by atoms with E-state index in [1.165, 1.54) is 0 Å². The third kappa shape index (κ3) is 2.87. The van der Waals surface area contributed by atoms with Crippen LogP contribution in [0, 0.1) is 0 Å². The molecule has 3 aromatic carbocycles. The van der Waals surface area contributed by atoms with Gasteiger partial charge in [-0.3, -0.25) is 0 Å². The summed E-state index contributed by atoms with van der Waals surface area (Å²) in [5.74, 6) is 0.481. The fraction of sp³-hybridized carbons (Fsp3) is 0.125. The van der Waals surface area contributed by atoms with Crippen molar-refractivity contribution in [2.45, 2.75) is 13.3 Å². The number of rotatable bonds is 1. The first kappa shape index (κ1) is 17.8. The molecule has 0 heterocycles. The number of hydrogen-bond acceptors (Lipinski definition) is 2. The molecular formula is C16H14Na2O2. The van der Waals surface area contributed by atoms with Crippen molar-refractivity contribution in [3.8, 4) is 11.5 Å². The van der Waals surface area contributed by atoms with Crippen molar-refractivity contribution in [1.82, 2.24) is 0 Å². The van der Waals surface area contributed by atoms with E-state index in [-0.39, 0.29) is 70.6 Å². The third-order valence-corrected chi connectivity index (χ3v) is 3.44. The number of hydrogen-bond donors (Lipinski definition) is 2. The first-order valence-corrected chi connectivity index (χ1v) is 6.07. The van der Waals surface area contributed by atoms with Crippen molar-refractivity contribution >= 4 is 80.7 Å². The van der Waals surface area contributed by atoms with E-state index >= 15 is 0 Å². The number of aromatic hydroxyl groups is 2. The summed E-state index contributed by atoms with van der Waals surface area (Å²) >= 11 is 0. The SMILES string of the molecule is CCc1ccc2c(O)c3ccccc3c(O)c2c1.[Na].[Na]. The predicted molar refractivity (Wildman–Crippen MR) is 85.7 cm³/mol. The Morgan fingerprint density at radius 1 is 0.750 bits per heavy atom. The van der Waals surface area contributed by atoms with Crippen molar-refractivity contribution in [3.05, 3.63) is 48.0 Å². The van der Waals surface area contributed by atoms with Gasteiger partial charge in [0.25, 0.3) is 0 Å². The molecule has 4 heteroatoms. The van der Waals surface area contributed by atoms with E-state index in [2.05, 4.69) is 6.92 Å². The van der Waals surface area contributed by atoms with E-state index in [0.717, 1.165) is 12.0 Å². The monoisotopic (exact) mass is 284 g/mol. The maximum Gasteiger partial charge on any atom is 0.131 e. The Bertz CT molecular complexity index is 754. The first-order valence-electron chi connectivity index (χ1n) is 6.07. The predicted octanol–water partition coefficient (Wildman–Crippen LogP) is 3.21. The van der Waals surface area contributed by atoms with Crippen LogP contribution < -0.4 is 0 Å². The molecular weight excluding hydrogens is 270 g/mol. The summed E-state index contributed by atoms with van der Waals surface area (Å²) in [6, 6.07) is 13.1. The average molecular weight is 284 g/mol. The first-order chi connectivity index (χ1) is 8.72. The standard InChI is InChI=1S/C16H14O2.2Na/c1-2-10-7-8-13-14(9-10)16(18)12-6-4-3-5-11(12)15(13)17;;/h3-9,17-18H,2H2,1H3;;. The summed E-state index contributed by atoms with van der Waals surface area (Å²) in [7, 11) is 0. The molecule has 2 N–H and O–H groups in total. The van der Waals surface area contributed by atoms with E-state index in [0.29, 0.717) is 21.5 Å². The molecule has 92 valence electrons. The molecule has 0 saturated carbocycles. The zero-order valence-electron chi connectivity index (χ0n) is 12.1. The van der Waals surface area contributed by atoms with E-state index in [9.17, 15) is 10.2 Å². The second-order valence-corrected chi connectivity index (χ2v) is 4.48. The largest absolute Gasteiger partial charge is 0.507 e. The van der Waals surface area contributed by atoms with Gasteiger partial charge in [-0.15, -0.1) is 0 Å². The Balaban J connectivity index is 0.000001000. The maximum absolute atomic E-state index is 10.3. The van der Waals surface area contributed by atoms with Crippen LogP contribution in [0.3, 0.4) is 0 Å². The van der Waals surface area contributed by atoms with E-state index < -0.39 is 0 Å². The normalized spacial score (nSPS) is 10.1. The van der Waals surface area contributed by atoms with Gasteiger partial charge in [0.1, 0.15) is 11.5 Å². The summed E-state index contributed by atoms with van der Waals surface area (Å²) < 4.78 is 0. The molecule has 0 atom stereocenters. The van der Waals surface area contributed by atoms with Crippen LogP contribution in [0.2, 0.25) is 0 Å².